The predicted octanol–water partition coefficient (Wildman–Crippen LogP) is 4.89. The zero-order valence-corrected chi connectivity index (χ0v) is 16.4. The van der Waals surface area contributed by atoms with Gasteiger partial charge in [0.2, 0.25) is 0 Å². The third-order valence-electron chi connectivity index (χ3n) is 3.89. The Hall–Kier alpha value is 0.580. The smallest absolute Gasteiger partial charge is 0.0504 e. The molecule has 2 N–H and O–H groups in total. The summed E-state index contributed by atoms with van der Waals surface area (Å²) in [6, 6.07) is 4.76. The van der Waals surface area contributed by atoms with Gasteiger partial charge < -0.3 is 5.73 Å². The quantitative estimate of drug-likeness (QED) is 0.514. The van der Waals surface area contributed by atoms with E-state index in [2.05, 4.69) is 62.5 Å². The molecule has 114 valence electrons. The lowest BCUT2D eigenvalue weighted by molar-refractivity contribution is 0.187. The van der Waals surface area contributed by atoms with Gasteiger partial charge in [0.25, 0.3) is 0 Å². The fourth-order valence-electron chi connectivity index (χ4n) is 2.67. The molecule has 6 heteroatoms. The Morgan fingerprint density at radius 1 is 1.25 bits per heavy atom. The molecule has 0 saturated heterocycles. The molecule has 0 atom stereocenters. The van der Waals surface area contributed by atoms with E-state index in [4.69, 9.17) is 5.73 Å². The maximum absolute atomic E-state index is 6.14. The molecule has 0 spiro atoms. The molecule has 0 heterocycles. The highest BCUT2D eigenvalue weighted by Gasteiger charge is 2.22. The van der Waals surface area contributed by atoms with E-state index < -0.39 is 0 Å². The van der Waals surface area contributed by atoms with Gasteiger partial charge in [-0.2, -0.15) is 12.6 Å². The lowest BCUT2D eigenvalue weighted by atomic mass is 9.93. The van der Waals surface area contributed by atoms with Gasteiger partial charge in [-0.15, -0.1) is 12.4 Å². The van der Waals surface area contributed by atoms with Gasteiger partial charge in [0.15, 0.2) is 0 Å². The lowest BCUT2D eigenvalue weighted by Gasteiger charge is -2.33. The second-order valence-electron chi connectivity index (χ2n) is 5.34. The Labute approximate surface area is 149 Å². The minimum atomic E-state index is 0. The molecular formula is C14H21Br2ClN2S. The van der Waals surface area contributed by atoms with E-state index in [1.807, 2.05) is 6.07 Å². The summed E-state index contributed by atoms with van der Waals surface area (Å²) in [4.78, 5) is 2.42. The number of nitrogens with zero attached hydrogens (tertiary/aromatic N) is 1. The van der Waals surface area contributed by atoms with E-state index in [0.29, 0.717) is 11.3 Å². The van der Waals surface area contributed by atoms with E-state index in [1.165, 1.54) is 31.2 Å². The van der Waals surface area contributed by atoms with Crippen molar-refractivity contribution in [3.8, 4) is 0 Å². The molecule has 0 bridgehead atoms. The van der Waals surface area contributed by atoms with Crippen LogP contribution in [0.3, 0.4) is 0 Å². The highest BCUT2D eigenvalue weighted by Crippen LogP contribution is 2.31. The van der Waals surface area contributed by atoms with Crippen molar-refractivity contribution in [1.29, 1.82) is 0 Å². The first-order valence-electron chi connectivity index (χ1n) is 6.59. The number of nitrogens with two attached hydrogens (primary N) is 1. The third-order valence-corrected chi connectivity index (χ3v) is 5.52. The normalized spacial score (nSPS) is 22.6. The second kappa shape index (κ2) is 8.28. The molecule has 20 heavy (non-hydrogen) atoms. The van der Waals surface area contributed by atoms with Crippen LogP contribution in [0, 0.1) is 0 Å². The molecule has 1 aliphatic rings. The minimum absolute atomic E-state index is 0. The van der Waals surface area contributed by atoms with Crippen LogP contribution in [0.2, 0.25) is 0 Å². The highest BCUT2D eigenvalue weighted by molar-refractivity contribution is 9.11. The second-order valence-corrected chi connectivity index (χ2v) is 7.84. The van der Waals surface area contributed by atoms with E-state index in [0.717, 1.165) is 21.2 Å². The van der Waals surface area contributed by atoms with Gasteiger partial charge in [-0.05, 0) is 66.4 Å². The predicted molar refractivity (Wildman–Crippen MR) is 100.0 cm³/mol. The van der Waals surface area contributed by atoms with Crippen molar-refractivity contribution in [1.82, 2.24) is 4.90 Å². The van der Waals surface area contributed by atoms with Crippen LogP contribution in [0.4, 0.5) is 5.69 Å². The number of nitrogen functional groups attached to an aromatic ring is 1. The highest BCUT2D eigenvalue weighted by atomic mass is 79.9. The van der Waals surface area contributed by atoms with E-state index in [9.17, 15) is 0 Å². The average molecular weight is 445 g/mol. The summed E-state index contributed by atoms with van der Waals surface area (Å²) in [6.45, 7) is 0.895. The summed E-state index contributed by atoms with van der Waals surface area (Å²) in [5, 5.41) is 0.592. The molecular weight excluding hydrogens is 423 g/mol. The van der Waals surface area contributed by atoms with Crippen molar-refractivity contribution in [2.75, 3.05) is 12.8 Å². The molecule has 0 radical (unpaired) electrons. The van der Waals surface area contributed by atoms with Gasteiger partial charge in [-0.3, -0.25) is 4.90 Å². The molecule has 1 aliphatic carbocycles. The Balaban J connectivity index is 0.00000200. The molecule has 1 fully saturated rings. The van der Waals surface area contributed by atoms with Crippen LogP contribution in [0.5, 0.6) is 0 Å². The number of benzene rings is 1. The zero-order valence-electron chi connectivity index (χ0n) is 11.5. The molecule has 0 amide bonds. The molecule has 1 aromatic carbocycles. The summed E-state index contributed by atoms with van der Waals surface area (Å²) in [5.41, 5.74) is 8.17. The standard InChI is InChI=1S/C14H20Br2N2S.ClH/c1-18(11-2-4-12(19)5-3-11)8-9-6-10(15)7-13(16)14(9)17;/h6-7,11-12,19H,2-5,8,17H2,1H3;1H/t11-,12-;. The van der Waals surface area contributed by atoms with Crippen LogP contribution in [0.25, 0.3) is 0 Å². The third kappa shape index (κ3) is 4.80. The Bertz CT molecular complexity index is 451. The van der Waals surface area contributed by atoms with Crippen LogP contribution in [0.1, 0.15) is 31.2 Å². The zero-order chi connectivity index (χ0) is 14.0. The Kier molecular flexibility index (Phi) is 7.71. The van der Waals surface area contributed by atoms with Gasteiger partial charge in [0.1, 0.15) is 0 Å². The van der Waals surface area contributed by atoms with Crippen molar-refractivity contribution >= 4 is 62.6 Å². The van der Waals surface area contributed by atoms with Gasteiger partial charge in [-0.25, -0.2) is 0 Å². The number of hydrogen-bond donors (Lipinski definition) is 2. The summed E-state index contributed by atoms with van der Waals surface area (Å²) in [7, 11) is 2.19. The lowest BCUT2D eigenvalue weighted by Crippen LogP contribution is -2.35. The van der Waals surface area contributed by atoms with Crippen LogP contribution >= 0.6 is 56.9 Å². The fourth-order valence-corrected chi connectivity index (χ4v) is 4.28. The Morgan fingerprint density at radius 3 is 2.45 bits per heavy atom. The van der Waals surface area contributed by atoms with Crippen molar-refractivity contribution in [2.45, 2.75) is 43.5 Å². The average Bonchev–Trinajstić information content (AvgIpc) is 2.36. The van der Waals surface area contributed by atoms with Crippen molar-refractivity contribution in [3.05, 3.63) is 26.6 Å². The van der Waals surface area contributed by atoms with Crippen molar-refractivity contribution in [3.63, 3.8) is 0 Å². The first-order chi connectivity index (χ1) is 8.97. The summed E-state index contributed by atoms with van der Waals surface area (Å²) >= 11 is 11.6. The molecule has 1 aromatic rings. The summed E-state index contributed by atoms with van der Waals surface area (Å²) < 4.78 is 2.03. The van der Waals surface area contributed by atoms with Gasteiger partial charge in [-0.1, -0.05) is 15.9 Å². The number of rotatable bonds is 3. The first kappa shape index (κ1) is 18.6. The van der Waals surface area contributed by atoms with E-state index >= 15 is 0 Å². The molecule has 0 aromatic heterocycles. The molecule has 1 saturated carbocycles. The van der Waals surface area contributed by atoms with E-state index in [-0.39, 0.29) is 12.4 Å². The maximum atomic E-state index is 6.14. The largest absolute Gasteiger partial charge is 0.398 e. The summed E-state index contributed by atoms with van der Waals surface area (Å²) in [6.07, 6.45) is 4.91. The number of anilines is 1. The monoisotopic (exact) mass is 442 g/mol. The number of hydrogen-bond acceptors (Lipinski definition) is 3. The van der Waals surface area contributed by atoms with Crippen LogP contribution in [-0.2, 0) is 6.54 Å². The van der Waals surface area contributed by atoms with Gasteiger partial charge in [0, 0.05) is 26.8 Å². The molecule has 2 rings (SSSR count). The minimum Gasteiger partial charge on any atom is -0.398 e. The number of thiol groups is 1. The van der Waals surface area contributed by atoms with E-state index in [1.54, 1.807) is 0 Å². The SMILES string of the molecule is CN(Cc1cc(Br)cc(Br)c1N)[C@H]1CC[C@H](S)CC1.Cl. The van der Waals surface area contributed by atoms with Crippen LogP contribution < -0.4 is 5.73 Å². The maximum Gasteiger partial charge on any atom is 0.0504 e. The fraction of sp³-hybridized carbons (Fsp3) is 0.571. The van der Waals surface area contributed by atoms with Gasteiger partial charge >= 0.3 is 0 Å². The molecule has 2 nitrogen and oxygen atoms in total. The number of halogens is 3. The van der Waals surface area contributed by atoms with Crippen LogP contribution in [0.15, 0.2) is 21.1 Å². The van der Waals surface area contributed by atoms with Crippen LogP contribution in [-0.4, -0.2) is 23.2 Å². The van der Waals surface area contributed by atoms with Gasteiger partial charge in [0.05, 0.1) is 5.69 Å². The van der Waals surface area contributed by atoms with Crippen molar-refractivity contribution in [2.24, 2.45) is 0 Å². The topological polar surface area (TPSA) is 29.3 Å². The molecule has 0 unspecified atom stereocenters. The Morgan fingerprint density at radius 2 is 1.85 bits per heavy atom. The summed E-state index contributed by atoms with van der Waals surface area (Å²) in [5.74, 6) is 0. The van der Waals surface area contributed by atoms with Crippen molar-refractivity contribution < 1.29 is 0 Å². The first-order valence-corrected chi connectivity index (χ1v) is 8.69. The molecule has 0 aliphatic heterocycles.